The number of carbonyl (C=O) groups is 1. The minimum Gasteiger partial charge on any atom is -0.357 e. The molecule has 160 valence electrons. The van der Waals surface area contributed by atoms with Gasteiger partial charge in [0.15, 0.2) is 5.96 Å². The molecule has 0 fully saturated rings. The number of aliphatic imine (C=N–C) groups is 1. The van der Waals surface area contributed by atoms with Gasteiger partial charge >= 0.3 is 0 Å². The van der Waals surface area contributed by atoms with Gasteiger partial charge < -0.3 is 15.5 Å². The summed E-state index contributed by atoms with van der Waals surface area (Å²) >= 11 is 0. The summed E-state index contributed by atoms with van der Waals surface area (Å²) in [4.78, 5) is 18.4. The Bertz CT molecular complexity index is 760. The van der Waals surface area contributed by atoms with E-state index >= 15 is 0 Å². The lowest BCUT2D eigenvalue weighted by atomic mass is 10.1. The molecule has 0 saturated heterocycles. The Kier molecular flexibility index (Phi) is 11.3. The normalized spacial score (nSPS) is 12.1. The molecule has 1 aromatic carbocycles. The Morgan fingerprint density at radius 3 is 2.72 bits per heavy atom. The minimum atomic E-state index is 0. The second-order valence-corrected chi connectivity index (χ2v) is 7.13. The van der Waals surface area contributed by atoms with Crippen LogP contribution in [-0.4, -0.2) is 60.3 Å². The zero-order chi connectivity index (χ0) is 20.4. The van der Waals surface area contributed by atoms with E-state index in [0.717, 1.165) is 49.7 Å². The highest BCUT2D eigenvalue weighted by atomic mass is 127. The van der Waals surface area contributed by atoms with E-state index in [1.807, 2.05) is 41.2 Å². The van der Waals surface area contributed by atoms with Crippen LogP contribution in [0.25, 0.3) is 0 Å². The number of hydrogen-bond donors (Lipinski definition) is 2. The average Bonchev–Trinajstić information content (AvgIpc) is 3.18. The van der Waals surface area contributed by atoms with Crippen LogP contribution in [0.2, 0.25) is 0 Å². The van der Waals surface area contributed by atoms with Crippen molar-refractivity contribution >= 4 is 35.8 Å². The first kappa shape index (κ1) is 24.9. The zero-order valence-corrected chi connectivity index (χ0v) is 20.1. The van der Waals surface area contributed by atoms with Gasteiger partial charge in [0.05, 0.1) is 0 Å². The molecule has 0 spiro atoms. The maximum atomic E-state index is 12.1. The Balaban J connectivity index is 0.00000420. The third-order valence-corrected chi connectivity index (χ3v) is 4.25. The summed E-state index contributed by atoms with van der Waals surface area (Å²) in [5.74, 6) is 1.23. The predicted molar refractivity (Wildman–Crippen MR) is 129 cm³/mol. The largest absolute Gasteiger partial charge is 0.357 e. The number of amides is 1. The van der Waals surface area contributed by atoms with Gasteiger partial charge in [0.1, 0.15) is 0 Å². The van der Waals surface area contributed by atoms with Gasteiger partial charge in [0.25, 0.3) is 5.91 Å². The van der Waals surface area contributed by atoms with E-state index in [1.54, 1.807) is 25.2 Å². The number of guanidine groups is 1. The highest BCUT2D eigenvalue weighted by Crippen LogP contribution is 2.08. The summed E-state index contributed by atoms with van der Waals surface area (Å²) in [5, 5.41) is 10.9. The van der Waals surface area contributed by atoms with E-state index in [0.29, 0.717) is 5.92 Å². The topological polar surface area (TPSA) is 74.5 Å². The van der Waals surface area contributed by atoms with Crippen LogP contribution in [0.3, 0.4) is 0 Å². The molecular formula is C21H33IN6O. The van der Waals surface area contributed by atoms with E-state index < -0.39 is 0 Å². The van der Waals surface area contributed by atoms with Crippen molar-refractivity contribution in [2.75, 3.05) is 33.7 Å². The number of rotatable bonds is 9. The fourth-order valence-corrected chi connectivity index (χ4v) is 2.82. The number of nitrogens with zero attached hydrogens (tertiary/aromatic N) is 4. The number of aromatic nitrogens is 2. The average molecular weight is 512 g/mol. The molecule has 0 radical (unpaired) electrons. The molecule has 2 N–H and O–H groups in total. The molecule has 0 aliphatic rings. The second-order valence-electron chi connectivity index (χ2n) is 7.13. The second kappa shape index (κ2) is 13.2. The van der Waals surface area contributed by atoms with Crippen LogP contribution in [0.4, 0.5) is 0 Å². The van der Waals surface area contributed by atoms with Crippen molar-refractivity contribution in [1.29, 1.82) is 0 Å². The molecule has 2 rings (SSSR count). The molecule has 2 aromatic rings. The van der Waals surface area contributed by atoms with Gasteiger partial charge in [-0.3, -0.25) is 14.5 Å². The molecule has 0 aliphatic carbocycles. The smallest absolute Gasteiger partial charge is 0.253 e. The molecule has 0 saturated carbocycles. The zero-order valence-electron chi connectivity index (χ0n) is 17.8. The monoisotopic (exact) mass is 512 g/mol. The highest BCUT2D eigenvalue weighted by Gasteiger charge is 2.08. The third-order valence-electron chi connectivity index (χ3n) is 4.25. The lowest BCUT2D eigenvalue weighted by Crippen LogP contribution is -2.38. The van der Waals surface area contributed by atoms with Crippen LogP contribution < -0.4 is 10.6 Å². The van der Waals surface area contributed by atoms with Gasteiger partial charge in [-0.25, -0.2) is 0 Å². The van der Waals surface area contributed by atoms with Crippen LogP contribution in [0.5, 0.6) is 0 Å². The molecule has 8 heteroatoms. The summed E-state index contributed by atoms with van der Waals surface area (Å²) in [6, 6.07) is 9.72. The third kappa shape index (κ3) is 8.84. The van der Waals surface area contributed by atoms with Gasteiger partial charge in [-0.05, 0) is 43.0 Å². The molecule has 1 amide bonds. The van der Waals surface area contributed by atoms with E-state index in [9.17, 15) is 4.79 Å². The maximum absolute atomic E-state index is 12.1. The lowest BCUT2D eigenvalue weighted by Gasteiger charge is -2.14. The van der Waals surface area contributed by atoms with Crippen molar-refractivity contribution in [1.82, 2.24) is 25.3 Å². The Labute approximate surface area is 191 Å². The number of carbonyl (C=O) groups excluding carboxylic acids is 1. The van der Waals surface area contributed by atoms with E-state index in [4.69, 9.17) is 0 Å². The first-order valence-corrected chi connectivity index (χ1v) is 9.79. The van der Waals surface area contributed by atoms with E-state index in [2.05, 4.69) is 34.6 Å². The van der Waals surface area contributed by atoms with Gasteiger partial charge in [0.2, 0.25) is 0 Å². The fourth-order valence-electron chi connectivity index (χ4n) is 2.82. The molecule has 29 heavy (non-hydrogen) atoms. The number of halogens is 1. The molecule has 1 heterocycles. The molecular weight excluding hydrogens is 479 g/mol. The van der Waals surface area contributed by atoms with Crippen molar-refractivity contribution in [3.05, 3.63) is 53.9 Å². The van der Waals surface area contributed by atoms with Crippen LogP contribution in [-0.2, 0) is 13.0 Å². The van der Waals surface area contributed by atoms with Gasteiger partial charge in [-0.15, -0.1) is 24.0 Å². The molecule has 1 atom stereocenters. The number of nitrogens with one attached hydrogen (secondary N) is 2. The number of benzene rings is 1. The summed E-state index contributed by atoms with van der Waals surface area (Å²) in [7, 11) is 3.53. The summed E-state index contributed by atoms with van der Waals surface area (Å²) in [6.07, 6.45) is 4.59. The Morgan fingerprint density at radius 2 is 2.07 bits per heavy atom. The minimum absolute atomic E-state index is 0. The van der Waals surface area contributed by atoms with Gasteiger partial charge in [-0.2, -0.15) is 5.10 Å². The quantitative estimate of drug-likeness (QED) is 0.308. The highest BCUT2D eigenvalue weighted by molar-refractivity contribution is 14.0. The van der Waals surface area contributed by atoms with Gasteiger partial charge in [0, 0.05) is 58.2 Å². The SMILES string of the molecule is CCNC(=NCC(C)Cn1cccn1)NCCc1cccc(C(=O)N(C)C)c1.I. The molecule has 1 unspecified atom stereocenters. The first-order valence-electron chi connectivity index (χ1n) is 9.79. The molecule has 0 aliphatic heterocycles. The van der Waals surface area contributed by atoms with E-state index in [-0.39, 0.29) is 29.9 Å². The Morgan fingerprint density at radius 1 is 1.28 bits per heavy atom. The van der Waals surface area contributed by atoms with Crippen molar-refractivity contribution in [3.8, 4) is 0 Å². The van der Waals surface area contributed by atoms with Crippen LogP contribution in [0.15, 0.2) is 47.7 Å². The summed E-state index contributed by atoms with van der Waals surface area (Å²) in [5.41, 5.74) is 1.85. The van der Waals surface area contributed by atoms with Crippen molar-refractivity contribution in [3.63, 3.8) is 0 Å². The standard InChI is InChI=1S/C21H32N6O.HI/c1-5-22-21(24-15-17(2)16-27-13-7-11-25-27)23-12-10-18-8-6-9-19(14-18)20(28)26(3)4;/h6-9,11,13-14,17H,5,10,12,15-16H2,1-4H3,(H2,22,23,24);1H. The first-order chi connectivity index (χ1) is 13.5. The van der Waals surface area contributed by atoms with Crippen LogP contribution in [0, 0.1) is 5.92 Å². The van der Waals surface area contributed by atoms with Crippen molar-refractivity contribution in [2.24, 2.45) is 10.9 Å². The molecule has 1 aromatic heterocycles. The fraction of sp³-hybridized carbons (Fsp3) is 0.476. The maximum Gasteiger partial charge on any atom is 0.253 e. The lowest BCUT2D eigenvalue weighted by molar-refractivity contribution is 0.0827. The molecule has 0 bridgehead atoms. The van der Waals surface area contributed by atoms with Crippen LogP contribution in [0.1, 0.15) is 29.8 Å². The summed E-state index contributed by atoms with van der Waals surface area (Å²) in [6.45, 7) is 7.36. The molecule has 7 nitrogen and oxygen atoms in total. The van der Waals surface area contributed by atoms with Crippen LogP contribution >= 0.6 is 24.0 Å². The van der Waals surface area contributed by atoms with E-state index in [1.165, 1.54) is 0 Å². The van der Waals surface area contributed by atoms with Crippen molar-refractivity contribution < 1.29 is 4.79 Å². The predicted octanol–water partition coefficient (Wildman–Crippen LogP) is 2.64. The summed E-state index contributed by atoms with van der Waals surface area (Å²) < 4.78 is 1.93. The number of hydrogen-bond acceptors (Lipinski definition) is 3. The Hall–Kier alpha value is -2.10. The van der Waals surface area contributed by atoms with Crippen molar-refractivity contribution in [2.45, 2.75) is 26.8 Å². The van der Waals surface area contributed by atoms with Gasteiger partial charge in [-0.1, -0.05) is 19.1 Å².